The van der Waals surface area contributed by atoms with E-state index < -0.39 is 5.97 Å². The van der Waals surface area contributed by atoms with E-state index in [1.807, 2.05) is 13.0 Å². The molecule has 1 N–H and O–H groups in total. The molecule has 0 spiro atoms. The van der Waals surface area contributed by atoms with E-state index in [0.717, 1.165) is 30.4 Å². The Hall–Kier alpha value is -0.870. The van der Waals surface area contributed by atoms with Gasteiger partial charge in [0.1, 0.15) is 4.88 Å². The van der Waals surface area contributed by atoms with Crippen molar-refractivity contribution in [3.8, 4) is 0 Å². The van der Waals surface area contributed by atoms with Crippen LogP contribution in [0.1, 0.15) is 46.3 Å². The first kappa shape index (κ1) is 13.6. The molecule has 1 heterocycles. The van der Waals surface area contributed by atoms with Crippen molar-refractivity contribution in [1.82, 2.24) is 4.90 Å². The molecular formula is C14H21NO2S. The van der Waals surface area contributed by atoms with Crippen LogP contribution in [0, 0.1) is 12.8 Å². The van der Waals surface area contributed by atoms with Crippen LogP contribution in [0.4, 0.5) is 0 Å². The van der Waals surface area contributed by atoms with Gasteiger partial charge in [0.25, 0.3) is 0 Å². The maximum Gasteiger partial charge on any atom is 0.345 e. The standard InChI is InChI=1S/C14H21NO2S/c1-3-15(8-11-5-4-6-11)9-12-7-13(14(16)17)18-10(12)2/h7,11H,3-6,8-9H2,1-2H3,(H,16,17). The minimum atomic E-state index is -0.809. The van der Waals surface area contributed by atoms with Crippen LogP contribution in [0.15, 0.2) is 6.07 Å². The van der Waals surface area contributed by atoms with Crippen LogP contribution in [0.5, 0.6) is 0 Å². The molecule has 1 fully saturated rings. The Morgan fingerprint density at radius 2 is 2.28 bits per heavy atom. The zero-order valence-corrected chi connectivity index (χ0v) is 11.9. The topological polar surface area (TPSA) is 40.5 Å². The first-order chi connectivity index (χ1) is 8.60. The van der Waals surface area contributed by atoms with Gasteiger partial charge in [0, 0.05) is 18.0 Å². The zero-order chi connectivity index (χ0) is 13.1. The van der Waals surface area contributed by atoms with Crippen molar-refractivity contribution in [1.29, 1.82) is 0 Å². The second kappa shape index (κ2) is 5.85. The predicted octanol–water partition coefficient (Wildman–Crippen LogP) is 3.38. The third-order valence-corrected chi connectivity index (χ3v) is 4.89. The third-order valence-electron chi connectivity index (χ3n) is 3.81. The molecule has 3 nitrogen and oxygen atoms in total. The summed E-state index contributed by atoms with van der Waals surface area (Å²) >= 11 is 1.39. The number of aryl methyl sites for hydroxylation is 1. The maximum atomic E-state index is 11.0. The van der Waals surface area contributed by atoms with Crippen LogP contribution in [-0.2, 0) is 6.54 Å². The molecule has 2 rings (SSSR count). The summed E-state index contributed by atoms with van der Waals surface area (Å²) in [5.74, 6) is 0.0548. The lowest BCUT2D eigenvalue weighted by Crippen LogP contribution is -2.32. The van der Waals surface area contributed by atoms with E-state index in [2.05, 4.69) is 11.8 Å². The minimum absolute atomic E-state index is 0.460. The molecule has 1 aromatic heterocycles. The van der Waals surface area contributed by atoms with Crippen molar-refractivity contribution in [3.63, 3.8) is 0 Å². The average Bonchev–Trinajstić information content (AvgIpc) is 2.63. The lowest BCUT2D eigenvalue weighted by atomic mass is 9.85. The van der Waals surface area contributed by atoms with Gasteiger partial charge < -0.3 is 5.11 Å². The third kappa shape index (κ3) is 3.12. The lowest BCUT2D eigenvalue weighted by Gasteiger charge is -2.31. The number of aromatic carboxylic acids is 1. The maximum absolute atomic E-state index is 11.0. The van der Waals surface area contributed by atoms with Crippen molar-refractivity contribution in [2.24, 2.45) is 5.92 Å². The monoisotopic (exact) mass is 267 g/mol. The summed E-state index contributed by atoms with van der Waals surface area (Å²) < 4.78 is 0. The van der Waals surface area contributed by atoms with Crippen LogP contribution in [-0.4, -0.2) is 29.1 Å². The van der Waals surface area contributed by atoms with Crippen molar-refractivity contribution in [3.05, 3.63) is 21.4 Å². The SMILES string of the molecule is CCN(Cc1cc(C(=O)O)sc1C)CC1CCC1. The van der Waals surface area contributed by atoms with Crippen LogP contribution in [0.2, 0.25) is 0 Å². The molecule has 4 heteroatoms. The number of carbonyl (C=O) groups is 1. The zero-order valence-electron chi connectivity index (χ0n) is 11.1. The highest BCUT2D eigenvalue weighted by atomic mass is 32.1. The minimum Gasteiger partial charge on any atom is -0.477 e. The molecule has 0 radical (unpaired) electrons. The molecule has 0 aliphatic heterocycles. The molecule has 0 saturated heterocycles. The van der Waals surface area contributed by atoms with Gasteiger partial charge in [-0.25, -0.2) is 4.79 Å². The number of thiophene rings is 1. The molecule has 0 aromatic carbocycles. The summed E-state index contributed by atoms with van der Waals surface area (Å²) in [5.41, 5.74) is 1.18. The van der Waals surface area contributed by atoms with E-state index in [9.17, 15) is 4.79 Å². The predicted molar refractivity (Wildman–Crippen MR) is 74.3 cm³/mol. The summed E-state index contributed by atoms with van der Waals surface area (Å²) in [6.07, 6.45) is 4.10. The molecule has 100 valence electrons. The Kier molecular flexibility index (Phi) is 4.40. The van der Waals surface area contributed by atoms with Crippen molar-refractivity contribution >= 4 is 17.3 Å². The van der Waals surface area contributed by atoms with Gasteiger partial charge in [-0.1, -0.05) is 13.3 Å². The number of rotatable bonds is 6. The van der Waals surface area contributed by atoms with Crippen LogP contribution in [0.3, 0.4) is 0 Å². The quantitative estimate of drug-likeness (QED) is 0.859. The van der Waals surface area contributed by atoms with Gasteiger partial charge in [-0.3, -0.25) is 4.90 Å². The fourth-order valence-corrected chi connectivity index (χ4v) is 3.24. The van der Waals surface area contributed by atoms with Gasteiger partial charge in [-0.05, 0) is 43.9 Å². The van der Waals surface area contributed by atoms with E-state index in [0.29, 0.717) is 4.88 Å². The summed E-state index contributed by atoms with van der Waals surface area (Å²) in [5, 5.41) is 9.00. The Labute approximate surface area is 112 Å². The fraction of sp³-hybridized carbons (Fsp3) is 0.643. The van der Waals surface area contributed by atoms with Crippen molar-refractivity contribution in [2.45, 2.75) is 39.7 Å². The van der Waals surface area contributed by atoms with E-state index in [4.69, 9.17) is 5.11 Å². The Morgan fingerprint density at radius 3 is 2.72 bits per heavy atom. The summed E-state index contributed by atoms with van der Waals surface area (Å²) in [6, 6.07) is 1.84. The largest absolute Gasteiger partial charge is 0.477 e. The number of hydrogen-bond acceptors (Lipinski definition) is 3. The second-order valence-electron chi connectivity index (χ2n) is 5.12. The van der Waals surface area contributed by atoms with Gasteiger partial charge >= 0.3 is 5.97 Å². The van der Waals surface area contributed by atoms with Gasteiger partial charge in [-0.15, -0.1) is 11.3 Å². The van der Waals surface area contributed by atoms with Gasteiger partial charge in [0.05, 0.1) is 0 Å². The van der Waals surface area contributed by atoms with Gasteiger partial charge in [-0.2, -0.15) is 0 Å². The molecule has 1 saturated carbocycles. The van der Waals surface area contributed by atoms with Crippen LogP contribution in [0.25, 0.3) is 0 Å². The first-order valence-electron chi connectivity index (χ1n) is 6.65. The van der Waals surface area contributed by atoms with Crippen LogP contribution < -0.4 is 0 Å². The van der Waals surface area contributed by atoms with Gasteiger partial charge in [0.15, 0.2) is 0 Å². The van der Waals surface area contributed by atoms with Crippen LogP contribution >= 0.6 is 11.3 Å². The highest BCUT2D eigenvalue weighted by Crippen LogP contribution is 2.28. The van der Waals surface area contributed by atoms with E-state index in [1.165, 1.54) is 36.2 Å². The normalized spacial score (nSPS) is 15.9. The average molecular weight is 267 g/mol. The Bertz CT molecular complexity index is 423. The Morgan fingerprint density at radius 1 is 1.56 bits per heavy atom. The second-order valence-corrected chi connectivity index (χ2v) is 6.38. The summed E-state index contributed by atoms with van der Waals surface area (Å²) in [7, 11) is 0. The lowest BCUT2D eigenvalue weighted by molar-refractivity contribution is 0.0702. The Balaban J connectivity index is 1.99. The molecular weight excluding hydrogens is 246 g/mol. The summed E-state index contributed by atoms with van der Waals surface area (Å²) in [4.78, 5) is 15.0. The van der Waals surface area contributed by atoms with E-state index in [-0.39, 0.29) is 0 Å². The van der Waals surface area contributed by atoms with E-state index in [1.54, 1.807) is 0 Å². The van der Waals surface area contributed by atoms with Gasteiger partial charge in [0.2, 0.25) is 0 Å². The summed E-state index contributed by atoms with van der Waals surface area (Å²) in [6.45, 7) is 7.28. The molecule has 1 aliphatic carbocycles. The van der Waals surface area contributed by atoms with E-state index >= 15 is 0 Å². The number of carboxylic acid groups (broad SMARTS) is 1. The smallest absolute Gasteiger partial charge is 0.345 e. The van der Waals surface area contributed by atoms with Crippen molar-refractivity contribution in [2.75, 3.05) is 13.1 Å². The molecule has 1 aromatic rings. The molecule has 0 amide bonds. The highest BCUT2D eigenvalue weighted by molar-refractivity contribution is 7.14. The molecule has 0 atom stereocenters. The fourth-order valence-electron chi connectivity index (χ4n) is 2.37. The number of nitrogens with zero attached hydrogens (tertiary/aromatic N) is 1. The molecule has 1 aliphatic rings. The highest BCUT2D eigenvalue weighted by Gasteiger charge is 2.21. The number of carboxylic acids is 1. The first-order valence-corrected chi connectivity index (χ1v) is 7.46. The molecule has 0 bridgehead atoms. The number of hydrogen-bond donors (Lipinski definition) is 1. The molecule has 0 unspecified atom stereocenters. The molecule has 18 heavy (non-hydrogen) atoms. The van der Waals surface area contributed by atoms with Crippen molar-refractivity contribution < 1.29 is 9.90 Å².